The van der Waals surface area contributed by atoms with E-state index in [9.17, 15) is 0 Å². The molecule has 8 heteroatoms. The molecule has 29 heavy (non-hydrogen) atoms. The second-order valence-corrected chi connectivity index (χ2v) is 6.50. The molecule has 3 aromatic rings. The van der Waals surface area contributed by atoms with Crippen LogP contribution in [-0.2, 0) is 6.54 Å². The van der Waals surface area contributed by atoms with Crippen molar-refractivity contribution < 1.29 is 14.2 Å². The van der Waals surface area contributed by atoms with Crippen molar-refractivity contribution in [1.29, 1.82) is 0 Å². The molecule has 0 atom stereocenters. The van der Waals surface area contributed by atoms with Crippen molar-refractivity contribution >= 4 is 17.5 Å². The lowest BCUT2D eigenvalue weighted by atomic mass is 10.2. The zero-order valence-corrected chi connectivity index (χ0v) is 17.0. The quantitative estimate of drug-likeness (QED) is 0.561. The molecule has 0 saturated heterocycles. The number of hydrogen-bond donors (Lipinski definition) is 2. The zero-order valence-electron chi connectivity index (χ0n) is 17.0. The van der Waals surface area contributed by atoms with Crippen LogP contribution in [0, 0.1) is 0 Å². The second kappa shape index (κ2) is 9.59. The van der Waals surface area contributed by atoms with Gasteiger partial charge in [0.05, 0.1) is 32.2 Å². The molecule has 0 amide bonds. The van der Waals surface area contributed by atoms with Gasteiger partial charge in [-0.2, -0.15) is 10.1 Å². The number of rotatable bonds is 9. The molecular formula is C21H25N5O3. The molecule has 0 bridgehead atoms. The van der Waals surface area contributed by atoms with Gasteiger partial charge in [-0.25, -0.2) is 0 Å². The van der Waals surface area contributed by atoms with Gasteiger partial charge in [0, 0.05) is 6.54 Å². The Hall–Kier alpha value is -3.55. The van der Waals surface area contributed by atoms with E-state index in [4.69, 9.17) is 14.2 Å². The largest absolute Gasteiger partial charge is 0.493 e. The van der Waals surface area contributed by atoms with Crippen LogP contribution in [-0.4, -0.2) is 35.5 Å². The third-order valence-electron chi connectivity index (χ3n) is 3.98. The highest BCUT2D eigenvalue weighted by Gasteiger charge is 2.09. The number of nitrogens with one attached hydrogen (secondary N) is 2. The van der Waals surface area contributed by atoms with E-state index < -0.39 is 0 Å². The molecule has 0 spiro atoms. The van der Waals surface area contributed by atoms with Gasteiger partial charge in [-0.05, 0) is 43.7 Å². The molecule has 1 aromatic heterocycles. The molecule has 3 rings (SSSR count). The normalized spacial score (nSPS) is 10.5. The Balaban J connectivity index is 1.69. The molecule has 0 unspecified atom stereocenters. The molecule has 0 aliphatic carbocycles. The van der Waals surface area contributed by atoms with E-state index in [1.54, 1.807) is 20.4 Å². The third-order valence-corrected chi connectivity index (χ3v) is 3.98. The molecule has 2 N–H and O–H groups in total. The second-order valence-electron chi connectivity index (χ2n) is 6.50. The topological polar surface area (TPSA) is 90.4 Å². The Morgan fingerprint density at radius 2 is 1.76 bits per heavy atom. The number of nitrogens with zero attached hydrogens (tertiary/aromatic N) is 3. The highest BCUT2D eigenvalue weighted by Crippen LogP contribution is 2.28. The summed E-state index contributed by atoms with van der Waals surface area (Å²) in [5.74, 6) is 3.07. The first-order chi connectivity index (χ1) is 14.1. The van der Waals surface area contributed by atoms with Crippen LogP contribution in [0.5, 0.6) is 17.2 Å². The van der Waals surface area contributed by atoms with Gasteiger partial charge in [0.25, 0.3) is 0 Å². The lowest BCUT2D eigenvalue weighted by molar-refractivity contribution is 0.244. The first-order valence-electron chi connectivity index (χ1n) is 9.26. The Morgan fingerprint density at radius 3 is 2.52 bits per heavy atom. The van der Waals surface area contributed by atoms with E-state index in [0.29, 0.717) is 29.8 Å². The average Bonchev–Trinajstić information content (AvgIpc) is 2.73. The molecule has 0 aliphatic rings. The maximum Gasteiger partial charge on any atom is 0.249 e. The van der Waals surface area contributed by atoms with Gasteiger partial charge in [-0.1, -0.05) is 18.2 Å². The molecule has 2 aromatic carbocycles. The van der Waals surface area contributed by atoms with Crippen LogP contribution < -0.4 is 24.8 Å². The summed E-state index contributed by atoms with van der Waals surface area (Å²) in [6, 6.07) is 13.4. The maximum atomic E-state index is 5.82. The SMILES string of the molecule is COc1ccc(CNc2cnnc(Nc3ccccc3OC(C)C)n2)cc1OC. The van der Waals surface area contributed by atoms with E-state index in [1.165, 1.54) is 0 Å². The lowest BCUT2D eigenvalue weighted by Gasteiger charge is -2.15. The van der Waals surface area contributed by atoms with E-state index in [0.717, 1.165) is 17.0 Å². The highest BCUT2D eigenvalue weighted by molar-refractivity contribution is 5.62. The summed E-state index contributed by atoms with van der Waals surface area (Å²) >= 11 is 0. The van der Waals surface area contributed by atoms with Gasteiger partial charge < -0.3 is 24.8 Å². The van der Waals surface area contributed by atoms with Crippen molar-refractivity contribution in [2.24, 2.45) is 0 Å². The molecule has 1 heterocycles. The van der Waals surface area contributed by atoms with Gasteiger partial charge in [-0.3, -0.25) is 0 Å². The van der Waals surface area contributed by atoms with Crippen LogP contribution in [0.2, 0.25) is 0 Å². The number of benzene rings is 2. The maximum absolute atomic E-state index is 5.82. The third kappa shape index (κ3) is 5.47. The predicted molar refractivity (Wildman–Crippen MR) is 112 cm³/mol. The standard InChI is InChI=1S/C21H25N5O3/c1-14(2)29-17-8-6-5-7-16(17)24-21-25-20(13-23-26-21)22-12-15-9-10-18(27-3)19(11-15)28-4/h5-11,13-14H,12H2,1-4H3,(H2,22,24,25,26). The van der Waals surface area contributed by atoms with Crippen molar-refractivity contribution in [3.63, 3.8) is 0 Å². The summed E-state index contributed by atoms with van der Waals surface area (Å²) in [5.41, 5.74) is 1.80. The minimum Gasteiger partial charge on any atom is -0.493 e. The summed E-state index contributed by atoms with van der Waals surface area (Å²) in [6.45, 7) is 4.51. The van der Waals surface area contributed by atoms with Crippen molar-refractivity contribution in [2.75, 3.05) is 24.9 Å². The minimum absolute atomic E-state index is 0.0616. The zero-order chi connectivity index (χ0) is 20.6. The van der Waals surface area contributed by atoms with Crippen LogP contribution in [0.3, 0.4) is 0 Å². The number of hydrogen-bond acceptors (Lipinski definition) is 8. The summed E-state index contributed by atoms with van der Waals surface area (Å²) in [7, 11) is 3.23. The van der Waals surface area contributed by atoms with Crippen LogP contribution >= 0.6 is 0 Å². The van der Waals surface area contributed by atoms with Gasteiger partial charge in [0.1, 0.15) is 5.75 Å². The number of methoxy groups -OCH3 is 2. The molecule has 8 nitrogen and oxygen atoms in total. The first kappa shape index (κ1) is 20.2. The Morgan fingerprint density at radius 1 is 0.966 bits per heavy atom. The minimum atomic E-state index is 0.0616. The van der Waals surface area contributed by atoms with Gasteiger partial charge in [0.15, 0.2) is 17.3 Å². The van der Waals surface area contributed by atoms with Crippen LogP contribution in [0.1, 0.15) is 19.4 Å². The van der Waals surface area contributed by atoms with E-state index in [1.807, 2.05) is 56.3 Å². The fraction of sp³-hybridized carbons (Fsp3) is 0.286. The summed E-state index contributed by atoms with van der Waals surface area (Å²) < 4.78 is 16.4. The fourth-order valence-corrected chi connectivity index (χ4v) is 2.67. The van der Waals surface area contributed by atoms with Crippen LogP contribution in [0.15, 0.2) is 48.7 Å². The Bertz CT molecular complexity index is 949. The van der Waals surface area contributed by atoms with Crippen LogP contribution in [0.25, 0.3) is 0 Å². The fourth-order valence-electron chi connectivity index (χ4n) is 2.67. The number of aromatic nitrogens is 3. The summed E-state index contributed by atoms with van der Waals surface area (Å²) in [6.07, 6.45) is 1.63. The highest BCUT2D eigenvalue weighted by atomic mass is 16.5. The number of anilines is 3. The summed E-state index contributed by atoms with van der Waals surface area (Å²) in [5, 5.41) is 14.5. The molecule has 0 saturated carbocycles. The van der Waals surface area contributed by atoms with Crippen molar-refractivity contribution in [3.8, 4) is 17.2 Å². The van der Waals surface area contributed by atoms with Crippen LogP contribution in [0.4, 0.5) is 17.5 Å². The van der Waals surface area contributed by atoms with Crippen molar-refractivity contribution in [1.82, 2.24) is 15.2 Å². The number of para-hydroxylation sites is 2. The van der Waals surface area contributed by atoms with E-state index >= 15 is 0 Å². The average molecular weight is 395 g/mol. The molecular weight excluding hydrogens is 370 g/mol. The van der Waals surface area contributed by atoms with Crippen molar-refractivity contribution in [2.45, 2.75) is 26.5 Å². The lowest BCUT2D eigenvalue weighted by Crippen LogP contribution is -2.09. The molecule has 152 valence electrons. The molecule has 0 radical (unpaired) electrons. The van der Waals surface area contributed by atoms with E-state index in [2.05, 4.69) is 25.8 Å². The Kier molecular flexibility index (Phi) is 6.67. The summed E-state index contributed by atoms with van der Waals surface area (Å²) in [4.78, 5) is 4.47. The van der Waals surface area contributed by atoms with Crippen molar-refractivity contribution in [3.05, 3.63) is 54.2 Å². The Labute approximate surface area is 170 Å². The van der Waals surface area contributed by atoms with Gasteiger partial charge in [0.2, 0.25) is 5.95 Å². The van der Waals surface area contributed by atoms with Gasteiger partial charge >= 0.3 is 0 Å². The molecule has 0 fully saturated rings. The smallest absolute Gasteiger partial charge is 0.249 e. The molecule has 0 aliphatic heterocycles. The van der Waals surface area contributed by atoms with Gasteiger partial charge in [-0.15, -0.1) is 5.10 Å². The predicted octanol–water partition coefficient (Wildman–Crippen LogP) is 4.03. The van der Waals surface area contributed by atoms with E-state index in [-0.39, 0.29) is 6.10 Å². The number of ether oxygens (including phenoxy) is 3. The monoisotopic (exact) mass is 395 g/mol. The first-order valence-corrected chi connectivity index (χ1v) is 9.26.